The maximum Gasteiger partial charge on any atom is 0.218 e. The van der Waals surface area contributed by atoms with Crippen molar-refractivity contribution in [2.45, 2.75) is 13.5 Å². The zero-order valence-electron chi connectivity index (χ0n) is 11.2. The number of anilines is 1. The first-order valence-corrected chi connectivity index (χ1v) is 6.28. The Hall–Kier alpha value is -2.23. The molecule has 0 spiro atoms. The van der Waals surface area contributed by atoms with E-state index >= 15 is 0 Å². The van der Waals surface area contributed by atoms with Crippen LogP contribution in [-0.2, 0) is 6.54 Å². The fourth-order valence-electron chi connectivity index (χ4n) is 1.80. The molecular weight excluding hydrogens is 240 g/mol. The van der Waals surface area contributed by atoms with Gasteiger partial charge in [-0.25, -0.2) is 4.98 Å². The van der Waals surface area contributed by atoms with Crippen molar-refractivity contribution in [3.8, 4) is 11.6 Å². The van der Waals surface area contributed by atoms with Gasteiger partial charge in [0.05, 0.1) is 13.7 Å². The van der Waals surface area contributed by atoms with Gasteiger partial charge < -0.3 is 14.8 Å². The van der Waals surface area contributed by atoms with Gasteiger partial charge in [-0.05, 0) is 25.1 Å². The molecule has 0 bridgehead atoms. The first-order chi connectivity index (χ1) is 9.33. The van der Waals surface area contributed by atoms with Crippen molar-refractivity contribution in [2.24, 2.45) is 0 Å². The summed E-state index contributed by atoms with van der Waals surface area (Å²) in [6.07, 6.45) is 1.72. The molecule has 0 fully saturated rings. The van der Waals surface area contributed by atoms with Gasteiger partial charge in [-0.1, -0.05) is 12.1 Å². The largest absolute Gasteiger partial charge is 0.494 e. The average Bonchev–Trinajstić information content (AvgIpc) is 2.46. The molecule has 100 valence electrons. The molecule has 2 rings (SSSR count). The van der Waals surface area contributed by atoms with Gasteiger partial charge in [0.25, 0.3) is 0 Å². The van der Waals surface area contributed by atoms with E-state index in [-0.39, 0.29) is 0 Å². The normalized spacial score (nSPS) is 10.0. The molecule has 4 nitrogen and oxygen atoms in total. The smallest absolute Gasteiger partial charge is 0.218 e. The van der Waals surface area contributed by atoms with E-state index in [2.05, 4.69) is 10.3 Å². The number of benzene rings is 1. The maximum absolute atomic E-state index is 5.47. The molecule has 0 saturated carbocycles. The summed E-state index contributed by atoms with van der Waals surface area (Å²) in [6.45, 7) is 3.30. The molecule has 0 aliphatic carbocycles. The fourth-order valence-corrected chi connectivity index (χ4v) is 1.80. The summed E-state index contributed by atoms with van der Waals surface area (Å²) < 4.78 is 10.7. The van der Waals surface area contributed by atoms with Crippen molar-refractivity contribution < 1.29 is 9.47 Å². The Labute approximate surface area is 113 Å². The molecule has 0 unspecified atom stereocenters. The van der Waals surface area contributed by atoms with Gasteiger partial charge in [-0.15, -0.1) is 0 Å². The zero-order valence-corrected chi connectivity index (χ0v) is 11.2. The first-order valence-electron chi connectivity index (χ1n) is 6.28. The van der Waals surface area contributed by atoms with Crippen molar-refractivity contribution in [2.75, 3.05) is 19.0 Å². The average molecular weight is 258 g/mol. The summed E-state index contributed by atoms with van der Waals surface area (Å²) in [7, 11) is 1.63. The van der Waals surface area contributed by atoms with Crippen molar-refractivity contribution in [1.29, 1.82) is 0 Å². The van der Waals surface area contributed by atoms with E-state index in [0.717, 1.165) is 17.0 Å². The Morgan fingerprint density at radius 2 is 2.11 bits per heavy atom. The van der Waals surface area contributed by atoms with Crippen molar-refractivity contribution >= 4 is 5.69 Å². The van der Waals surface area contributed by atoms with Gasteiger partial charge in [0.15, 0.2) is 0 Å². The Bertz CT molecular complexity index is 529. The summed E-state index contributed by atoms with van der Waals surface area (Å²) in [5.74, 6) is 1.52. The van der Waals surface area contributed by atoms with Crippen LogP contribution in [0.15, 0.2) is 42.6 Å². The quantitative estimate of drug-likeness (QED) is 0.864. The van der Waals surface area contributed by atoms with Gasteiger partial charge in [0.1, 0.15) is 5.75 Å². The predicted molar refractivity (Wildman–Crippen MR) is 75.7 cm³/mol. The van der Waals surface area contributed by atoms with Crippen LogP contribution in [0.25, 0.3) is 0 Å². The van der Waals surface area contributed by atoms with Crippen LogP contribution >= 0.6 is 0 Å². The van der Waals surface area contributed by atoms with Crippen LogP contribution in [0.1, 0.15) is 12.5 Å². The lowest BCUT2D eigenvalue weighted by atomic mass is 10.2. The predicted octanol–water partition coefficient (Wildman–Crippen LogP) is 3.10. The monoisotopic (exact) mass is 258 g/mol. The van der Waals surface area contributed by atoms with Crippen LogP contribution in [0.4, 0.5) is 5.69 Å². The highest BCUT2D eigenvalue weighted by molar-refractivity contribution is 5.49. The molecule has 0 aliphatic rings. The number of nitrogens with zero attached hydrogens (tertiary/aromatic N) is 1. The molecule has 2 aromatic rings. The molecule has 1 aromatic carbocycles. The number of aromatic nitrogens is 1. The number of methoxy groups -OCH3 is 1. The SMILES string of the molecule is CCOc1cccc(NCc2cccnc2OC)c1. The molecule has 1 N–H and O–H groups in total. The molecule has 0 aliphatic heterocycles. The van der Waals surface area contributed by atoms with Gasteiger partial charge in [0, 0.05) is 30.1 Å². The zero-order chi connectivity index (χ0) is 13.5. The molecule has 0 saturated heterocycles. The number of hydrogen-bond donors (Lipinski definition) is 1. The van der Waals surface area contributed by atoms with E-state index in [1.165, 1.54) is 0 Å². The summed E-state index contributed by atoms with van der Waals surface area (Å²) in [6, 6.07) is 11.8. The number of nitrogens with one attached hydrogen (secondary N) is 1. The van der Waals surface area contributed by atoms with Crippen LogP contribution in [0.3, 0.4) is 0 Å². The van der Waals surface area contributed by atoms with Crippen molar-refractivity contribution in [3.05, 3.63) is 48.2 Å². The van der Waals surface area contributed by atoms with E-state index < -0.39 is 0 Å². The van der Waals surface area contributed by atoms with Crippen LogP contribution in [0.5, 0.6) is 11.6 Å². The Morgan fingerprint density at radius 3 is 2.89 bits per heavy atom. The molecule has 19 heavy (non-hydrogen) atoms. The second-order valence-electron chi connectivity index (χ2n) is 3.99. The van der Waals surface area contributed by atoms with E-state index in [9.17, 15) is 0 Å². The highest BCUT2D eigenvalue weighted by atomic mass is 16.5. The number of ether oxygens (including phenoxy) is 2. The van der Waals surface area contributed by atoms with Crippen molar-refractivity contribution in [1.82, 2.24) is 4.98 Å². The Morgan fingerprint density at radius 1 is 1.21 bits per heavy atom. The maximum atomic E-state index is 5.47. The number of hydrogen-bond acceptors (Lipinski definition) is 4. The van der Waals surface area contributed by atoms with E-state index in [1.807, 2.05) is 43.3 Å². The van der Waals surface area contributed by atoms with Crippen LogP contribution in [0.2, 0.25) is 0 Å². The van der Waals surface area contributed by atoms with Crippen LogP contribution in [0, 0.1) is 0 Å². The number of pyridine rings is 1. The summed E-state index contributed by atoms with van der Waals surface area (Å²) >= 11 is 0. The lowest BCUT2D eigenvalue weighted by Gasteiger charge is -2.10. The topological polar surface area (TPSA) is 43.4 Å². The second kappa shape index (κ2) is 6.64. The van der Waals surface area contributed by atoms with Crippen LogP contribution < -0.4 is 14.8 Å². The molecular formula is C15H18N2O2. The van der Waals surface area contributed by atoms with Crippen molar-refractivity contribution in [3.63, 3.8) is 0 Å². The van der Waals surface area contributed by atoms with Gasteiger partial charge in [0.2, 0.25) is 5.88 Å². The Balaban J connectivity index is 2.03. The molecule has 4 heteroatoms. The lowest BCUT2D eigenvalue weighted by molar-refractivity contribution is 0.340. The third-order valence-electron chi connectivity index (χ3n) is 2.67. The molecule has 0 atom stereocenters. The standard InChI is InChI=1S/C15H18N2O2/c1-3-19-14-8-4-7-13(10-14)17-11-12-6-5-9-16-15(12)18-2/h4-10,17H,3,11H2,1-2H3. The van der Waals surface area contributed by atoms with E-state index in [1.54, 1.807) is 13.3 Å². The Kier molecular flexibility index (Phi) is 4.61. The minimum Gasteiger partial charge on any atom is -0.494 e. The highest BCUT2D eigenvalue weighted by Gasteiger charge is 2.03. The van der Waals surface area contributed by atoms with E-state index in [4.69, 9.17) is 9.47 Å². The summed E-state index contributed by atoms with van der Waals surface area (Å²) in [4.78, 5) is 4.17. The minimum absolute atomic E-state index is 0.649. The first kappa shape index (κ1) is 13.2. The third kappa shape index (κ3) is 3.61. The summed E-state index contributed by atoms with van der Waals surface area (Å²) in [5.41, 5.74) is 2.03. The highest BCUT2D eigenvalue weighted by Crippen LogP contribution is 2.20. The summed E-state index contributed by atoms with van der Waals surface area (Å²) in [5, 5.41) is 3.33. The molecule has 1 heterocycles. The van der Waals surface area contributed by atoms with E-state index in [0.29, 0.717) is 19.0 Å². The van der Waals surface area contributed by atoms with Crippen LogP contribution in [-0.4, -0.2) is 18.7 Å². The van der Waals surface area contributed by atoms with Gasteiger partial charge >= 0.3 is 0 Å². The molecule has 1 aromatic heterocycles. The number of rotatable bonds is 6. The molecule has 0 amide bonds. The minimum atomic E-state index is 0.649. The van der Waals surface area contributed by atoms with Gasteiger partial charge in [-0.3, -0.25) is 0 Å². The molecule has 0 radical (unpaired) electrons. The fraction of sp³-hybridized carbons (Fsp3) is 0.267. The van der Waals surface area contributed by atoms with Gasteiger partial charge in [-0.2, -0.15) is 0 Å². The second-order valence-corrected chi connectivity index (χ2v) is 3.99. The lowest BCUT2D eigenvalue weighted by Crippen LogP contribution is -2.03. The third-order valence-corrected chi connectivity index (χ3v) is 2.67.